The first-order chi connectivity index (χ1) is 22.4. The zero-order valence-corrected chi connectivity index (χ0v) is 28.3. The third kappa shape index (κ3) is 11.2. The zero-order valence-electron chi connectivity index (χ0n) is 28.3. The summed E-state index contributed by atoms with van der Waals surface area (Å²) in [6, 6.07) is 13.7. The standard InChI is InChI=1S/C36H52N6O5/c1-23(2)20-28-34(45)41-31(24(3)4)36(47)42(5)30(22-26-16-10-7-11-17-26)35(46)40-29(21-25-14-8-6-9-15-25)33(44)38-27(32(43)39-28)18-12-13-19-37/h6-11,14-17,23-24,27-31H,12-13,18-22,37H2,1-5H3,(H,38,44)(H,39,43)(H,40,46)(H,41,45)/t27-,28-,29-,30+,31-/m0/s1. The number of nitrogens with two attached hydrogens (primary N) is 1. The van der Waals surface area contributed by atoms with Gasteiger partial charge in [0, 0.05) is 19.9 Å². The van der Waals surface area contributed by atoms with Crippen molar-refractivity contribution in [2.45, 2.75) is 96.4 Å². The first kappa shape index (κ1) is 37.2. The van der Waals surface area contributed by atoms with Gasteiger partial charge in [-0.1, -0.05) is 88.4 Å². The molecule has 0 radical (unpaired) electrons. The lowest BCUT2D eigenvalue weighted by Crippen LogP contribution is -2.59. The van der Waals surface area contributed by atoms with E-state index in [0.717, 1.165) is 11.1 Å². The van der Waals surface area contributed by atoms with Crippen LogP contribution in [0, 0.1) is 11.8 Å². The van der Waals surface area contributed by atoms with Crippen molar-refractivity contribution in [3.8, 4) is 0 Å². The largest absolute Gasteiger partial charge is 0.343 e. The lowest BCUT2D eigenvalue weighted by atomic mass is 9.97. The molecule has 1 heterocycles. The molecule has 1 saturated heterocycles. The van der Waals surface area contributed by atoms with Crippen LogP contribution in [0.5, 0.6) is 0 Å². The number of hydrogen-bond donors (Lipinski definition) is 5. The molecular formula is C36H52N6O5. The summed E-state index contributed by atoms with van der Waals surface area (Å²) in [5.41, 5.74) is 7.36. The molecule has 0 aliphatic carbocycles. The van der Waals surface area contributed by atoms with Crippen LogP contribution in [0.2, 0.25) is 0 Å². The molecule has 11 heteroatoms. The predicted molar refractivity (Wildman–Crippen MR) is 182 cm³/mol. The summed E-state index contributed by atoms with van der Waals surface area (Å²) in [5.74, 6) is -2.80. The van der Waals surface area contributed by atoms with Gasteiger partial charge in [0.05, 0.1) is 0 Å². The number of carbonyl (C=O) groups excluding carboxylic acids is 5. The van der Waals surface area contributed by atoms with Crippen LogP contribution >= 0.6 is 0 Å². The van der Waals surface area contributed by atoms with Crippen LogP contribution in [0.1, 0.15) is 64.5 Å². The van der Waals surface area contributed by atoms with Crippen LogP contribution in [0.3, 0.4) is 0 Å². The summed E-state index contributed by atoms with van der Waals surface area (Å²) in [6.45, 7) is 7.94. The van der Waals surface area contributed by atoms with Gasteiger partial charge in [-0.3, -0.25) is 24.0 Å². The van der Waals surface area contributed by atoms with Crippen molar-refractivity contribution >= 4 is 29.5 Å². The highest BCUT2D eigenvalue weighted by Gasteiger charge is 2.38. The van der Waals surface area contributed by atoms with E-state index in [-0.39, 0.29) is 24.7 Å². The van der Waals surface area contributed by atoms with Crippen molar-refractivity contribution in [3.63, 3.8) is 0 Å². The third-order valence-electron chi connectivity index (χ3n) is 8.46. The van der Waals surface area contributed by atoms with Crippen molar-refractivity contribution in [2.24, 2.45) is 17.6 Å². The Kier molecular flexibility index (Phi) is 14.4. The summed E-state index contributed by atoms with van der Waals surface area (Å²) in [5, 5.41) is 11.5. The summed E-state index contributed by atoms with van der Waals surface area (Å²) < 4.78 is 0. The van der Waals surface area contributed by atoms with Crippen LogP contribution in [0.25, 0.3) is 0 Å². The molecule has 6 N–H and O–H groups in total. The maximum absolute atomic E-state index is 14.2. The molecule has 11 nitrogen and oxygen atoms in total. The minimum Gasteiger partial charge on any atom is -0.343 e. The quantitative estimate of drug-likeness (QED) is 0.235. The molecule has 0 aromatic heterocycles. The van der Waals surface area contributed by atoms with E-state index in [1.54, 1.807) is 7.05 Å². The lowest BCUT2D eigenvalue weighted by Gasteiger charge is -2.33. The Morgan fingerprint density at radius 1 is 0.660 bits per heavy atom. The Morgan fingerprint density at radius 2 is 1.17 bits per heavy atom. The van der Waals surface area contributed by atoms with Gasteiger partial charge in [-0.05, 0) is 55.2 Å². The number of hydrogen-bond acceptors (Lipinski definition) is 6. The van der Waals surface area contributed by atoms with Gasteiger partial charge in [0.2, 0.25) is 29.5 Å². The van der Waals surface area contributed by atoms with Gasteiger partial charge in [-0.15, -0.1) is 0 Å². The van der Waals surface area contributed by atoms with Crippen molar-refractivity contribution in [2.75, 3.05) is 13.6 Å². The first-order valence-corrected chi connectivity index (χ1v) is 16.7. The molecule has 1 fully saturated rings. The molecular weight excluding hydrogens is 596 g/mol. The van der Waals surface area contributed by atoms with Crippen molar-refractivity contribution in [3.05, 3.63) is 71.8 Å². The van der Waals surface area contributed by atoms with Gasteiger partial charge in [0.1, 0.15) is 30.2 Å². The second-order valence-corrected chi connectivity index (χ2v) is 13.2. The van der Waals surface area contributed by atoms with E-state index in [9.17, 15) is 24.0 Å². The average molecular weight is 649 g/mol. The number of likely N-dealkylation sites (N-methyl/N-ethyl adjacent to an activating group) is 1. The second kappa shape index (κ2) is 18.2. The summed E-state index contributed by atoms with van der Waals surface area (Å²) >= 11 is 0. The van der Waals surface area contributed by atoms with Crippen LogP contribution < -0.4 is 27.0 Å². The minimum atomic E-state index is -1.05. The van der Waals surface area contributed by atoms with Crippen molar-refractivity contribution < 1.29 is 24.0 Å². The fourth-order valence-electron chi connectivity index (χ4n) is 5.72. The Labute approximate surface area is 278 Å². The van der Waals surface area contributed by atoms with Gasteiger partial charge in [0.25, 0.3) is 0 Å². The molecule has 2 aromatic rings. The highest BCUT2D eigenvalue weighted by molar-refractivity contribution is 5.98. The lowest BCUT2D eigenvalue weighted by molar-refractivity contribution is -0.143. The molecule has 0 unspecified atom stereocenters. The SMILES string of the molecule is CC(C)C[C@@H]1NC(=O)[C@H](CCCCN)NC(=O)[C@H](Cc2ccccc2)NC(=O)[C@@H](Cc2ccccc2)N(C)C(=O)[C@H](C(C)C)NC1=O. The summed E-state index contributed by atoms with van der Waals surface area (Å²) in [6.07, 6.45) is 2.18. The van der Waals surface area contributed by atoms with E-state index >= 15 is 0 Å². The van der Waals surface area contributed by atoms with Crippen LogP contribution in [0.4, 0.5) is 0 Å². The molecule has 5 atom stereocenters. The van der Waals surface area contributed by atoms with E-state index in [0.29, 0.717) is 32.2 Å². The Balaban J connectivity index is 2.12. The molecule has 256 valence electrons. The highest BCUT2D eigenvalue weighted by Crippen LogP contribution is 2.16. The van der Waals surface area contributed by atoms with Crippen molar-refractivity contribution in [1.29, 1.82) is 0 Å². The van der Waals surface area contributed by atoms with Gasteiger partial charge >= 0.3 is 0 Å². The molecule has 0 spiro atoms. The summed E-state index contributed by atoms with van der Waals surface area (Å²) in [7, 11) is 1.54. The number of benzene rings is 2. The molecule has 47 heavy (non-hydrogen) atoms. The number of nitrogens with zero attached hydrogens (tertiary/aromatic N) is 1. The van der Waals surface area contributed by atoms with Crippen LogP contribution in [0.15, 0.2) is 60.7 Å². The van der Waals surface area contributed by atoms with Gasteiger partial charge in [-0.25, -0.2) is 0 Å². The van der Waals surface area contributed by atoms with E-state index in [1.165, 1.54) is 4.90 Å². The number of amides is 5. The third-order valence-corrected chi connectivity index (χ3v) is 8.46. The first-order valence-electron chi connectivity index (χ1n) is 16.7. The molecule has 1 aliphatic heterocycles. The Morgan fingerprint density at radius 3 is 1.72 bits per heavy atom. The van der Waals surface area contributed by atoms with Crippen molar-refractivity contribution in [1.82, 2.24) is 26.2 Å². The molecule has 1 aliphatic rings. The molecule has 0 saturated carbocycles. The van der Waals surface area contributed by atoms with Crippen LogP contribution in [-0.2, 0) is 36.8 Å². The zero-order chi connectivity index (χ0) is 34.5. The van der Waals surface area contributed by atoms with Gasteiger partial charge in [0.15, 0.2) is 0 Å². The number of carbonyl (C=O) groups is 5. The normalized spacial score (nSPS) is 23.4. The molecule has 5 amide bonds. The van der Waals surface area contributed by atoms with E-state index in [4.69, 9.17) is 5.73 Å². The highest BCUT2D eigenvalue weighted by atomic mass is 16.2. The fourth-order valence-corrected chi connectivity index (χ4v) is 5.72. The number of nitrogens with one attached hydrogen (secondary N) is 4. The Hall–Kier alpha value is -4.25. The summed E-state index contributed by atoms with van der Waals surface area (Å²) in [4.78, 5) is 71.1. The maximum atomic E-state index is 14.2. The predicted octanol–water partition coefficient (Wildman–Crippen LogP) is 2.08. The fraction of sp³-hybridized carbons (Fsp3) is 0.528. The van der Waals surface area contributed by atoms with Gasteiger partial charge in [-0.2, -0.15) is 0 Å². The number of unbranched alkanes of at least 4 members (excludes halogenated alkanes) is 1. The second-order valence-electron chi connectivity index (χ2n) is 13.2. The van der Waals surface area contributed by atoms with E-state index in [2.05, 4.69) is 21.3 Å². The topological polar surface area (TPSA) is 163 Å². The monoisotopic (exact) mass is 648 g/mol. The molecule has 2 aromatic carbocycles. The smallest absolute Gasteiger partial charge is 0.245 e. The van der Waals surface area contributed by atoms with E-state index in [1.807, 2.05) is 88.4 Å². The number of rotatable bonds is 11. The molecule has 3 rings (SSSR count). The molecule has 0 bridgehead atoms. The average Bonchev–Trinajstić information content (AvgIpc) is 3.04. The maximum Gasteiger partial charge on any atom is 0.245 e. The minimum absolute atomic E-state index is 0.0432. The Bertz CT molecular complexity index is 1340. The van der Waals surface area contributed by atoms with E-state index < -0.39 is 59.7 Å². The van der Waals surface area contributed by atoms with Gasteiger partial charge < -0.3 is 31.9 Å². The van der Waals surface area contributed by atoms with Crippen LogP contribution in [-0.4, -0.2) is 78.2 Å².